The molecule has 3 rings (SSSR count). The second-order valence-electron chi connectivity index (χ2n) is 7.39. The lowest BCUT2D eigenvalue weighted by Crippen LogP contribution is -2.62. The highest BCUT2D eigenvalue weighted by Crippen LogP contribution is 2.31. The fraction of sp³-hybridized carbons (Fsp3) is 0.667. The first-order valence-electron chi connectivity index (χ1n) is 9.67. The molecule has 0 amide bonds. The maximum Gasteiger partial charge on any atom is 0.311 e. The maximum absolute atomic E-state index is 11.2. The quantitative estimate of drug-likeness (QED) is 0.155. The summed E-state index contributed by atoms with van der Waals surface area (Å²) >= 11 is 0. The van der Waals surface area contributed by atoms with Crippen molar-refractivity contribution in [2.45, 2.75) is 61.4 Å². The predicted octanol–water partition coefficient (Wildman–Crippen LogP) is -3.40. The number of hydrogen-bond acceptors (Lipinski definition) is 13. The number of benzene rings is 1. The molecule has 2 saturated heterocycles. The van der Waals surface area contributed by atoms with Gasteiger partial charge in [0.15, 0.2) is 12.0 Å². The lowest BCUT2D eigenvalue weighted by molar-refractivity contribution is -0.387. The first-order valence-corrected chi connectivity index (χ1v) is 9.67. The summed E-state index contributed by atoms with van der Waals surface area (Å²) < 4.78 is 21.3. The van der Waals surface area contributed by atoms with E-state index in [2.05, 4.69) is 0 Å². The molecule has 0 aromatic heterocycles. The predicted molar refractivity (Wildman–Crippen MR) is 100 cm³/mol. The Morgan fingerprint density at radius 2 is 1.41 bits per heavy atom. The number of nitro benzene ring substituents is 1. The van der Waals surface area contributed by atoms with E-state index < -0.39 is 85.2 Å². The molecule has 0 radical (unpaired) electrons. The van der Waals surface area contributed by atoms with Gasteiger partial charge in [0, 0.05) is 6.07 Å². The van der Waals surface area contributed by atoms with Crippen molar-refractivity contribution >= 4 is 5.69 Å². The summed E-state index contributed by atoms with van der Waals surface area (Å²) in [7, 11) is 0. The van der Waals surface area contributed by atoms with Crippen molar-refractivity contribution in [1.82, 2.24) is 0 Å². The molecule has 0 unspecified atom stereocenters. The summed E-state index contributed by atoms with van der Waals surface area (Å²) in [4.78, 5) is 10.4. The molecule has 0 spiro atoms. The van der Waals surface area contributed by atoms with Gasteiger partial charge in [-0.15, -0.1) is 0 Å². The van der Waals surface area contributed by atoms with E-state index in [1.54, 1.807) is 0 Å². The molecule has 2 heterocycles. The summed E-state index contributed by atoms with van der Waals surface area (Å²) in [5.41, 5.74) is -0.418. The largest absolute Gasteiger partial charge is 0.455 e. The molecule has 2 fully saturated rings. The molecule has 0 bridgehead atoms. The van der Waals surface area contributed by atoms with Gasteiger partial charge in [0.25, 0.3) is 0 Å². The van der Waals surface area contributed by atoms with Crippen molar-refractivity contribution in [3.63, 3.8) is 0 Å². The average molecular weight is 463 g/mol. The van der Waals surface area contributed by atoms with Crippen LogP contribution in [0.3, 0.4) is 0 Å². The summed E-state index contributed by atoms with van der Waals surface area (Å²) in [6.45, 7) is -1.23. The minimum atomic E-state index is -1.78. The van der Waals surface area contributed by atoms with Crippen LogP contribution in [0.5, 0.6) is 5.75 Å². The van der Waals surface area contributed by atoms with Gasteiger partial charge in [-0.3, -0.25) is 10.1 Å². The van der Waals surface area contributed by atoms with Crippen LogP contribution in [-0.2, 0) is 14.2 Å². The van der Waals surface area contributed by atoms with Crippen LogP contribution in [0.1, 0.15) is 0 Å². The molecule has 14 heteroatoms. The number of aliphatic hydroxyl groups excluding tert-OH is 7. The second kappa shape index (κ2) is 10.3. The minimum absolute atomic E-state index is 0.251. The van der Waals surface area contributed by atoms with Gasteiger partial charge in [0.1, 0.15) is 48.8 Å². The summed E-state index contributed by atoms with van der Waals surface area (Å²) in [5.74, 6) is -0.251. The van der Waals surface area contributed by atoms with E-state index in [-0.39, 0.29) is 5.75 Å². The highest BCUT2D eigenvalue weighted by molar-refractivity contribution is 5.45. The topological polar surface area (TPSA) is 222 Å². The molecule has 180 valence electrons. The third-order valence-corrected chi connectivity index (χ3v) is 5.25. The summed E-state index contributed by atoms with van der Waals surface area (Å²) in [6.07, 6.45) is -16.0. The summed E-state index contributed by atoms with van der Waals surface area (Å²) in [6, 6.07) is 5.27. The molecule has 1 aromatic rings. The smallest absolute Gasteiger partial charge is 0.311 e. The Morgan fingerprint density at radius 1 is 0.844 bits per heavy atom. The Kier molecular flexibility index (Phi) is 7.94. The van der Waals surface area contributed by atoms with Crippen molar-refractivity contribution in [1.29, 1.82) is 0 Å². The van der Waals surface area contributed by atoms with E-state index in [0.717, 1.165) is 6.07 Å². The number of nitro groups is 1. The van der Waals surface area contributed by atoms with Crippen molar-refractivity contribution in [3.05, 3.63) is 34.4 Å². The fourth-order valence-electron chi connectivity index (χ4n) is 3.38. The van der Waals surface area contributed by atoms with Gasteiger partial charge in [-0.25, -0.2) is 0 Å². The van der Waals surface area contributed by atoms with Gasteiger partial charge in [0.05, 0.1) is 18.1 Å². The molecule has 2 aliphatic rings. The zero-order valence-electron chi connectivity index (χ0n) is 16.5. The number of aliphatic hydroxyl groups is 7. The van der Waals surface area contributed by atoms with Crippen LogP contribution < -0.4 is 4.74 Å². The highest BCUT2D eigenvalue weighted by atomic mass is 16.7. The normalized spacial score (nSPS) is 40.1. The van der Waals surface area contributed by atoms with Crippen molar-refractivity contribution in [2.75, 3.05) is 13.2 Å². The third kappa shape index (κ3) is 4.99. The van der Waals surface area contributed by atoms with Gasteiger partial charge in [0.2, 0.25) is 6.29 Å². The lowest BCUT2D eigenvalue weighted by Gasteiger charge is -2.42. The Labute approximate surface area is 180 Å². The highest BCUT2D eigenvalue weighted by Gasteiger charge is 2.48. The van der Waals surface area contributed by atoms with E-state index in [0.29, 0.717) is 0 Å². The monoisotopic (exact) mass is 463 g/mol. The molecular weight excluding hydrogens is 438 g/mol. The van der Waals surface area contributed by atoms with Crippen LogP contribution in [0, 0.1) is 10.1 Å². The zero-order chi connectivity index (χ0) is 23.6. The number of rotatable bonds is 7. The number of nitrogens with zero attached hydrogens (tertiary/aromatic N) is 1. The van der Waals surface area contributed by atoms with Gasteiger partial charge < -0.3 is 54.7 Å². The molecule has 14 nitrogen and oxygen atoms in total. The van der Waals surface area contributed by atoms with Gasteiger partial charge in [-0.2, -0.15) is 0 Å². The molecule has 32 heavy (non-hydrogen) atoms. The SMILES string of the molecule is O=[N+]([O-])c1ccccc1O[C@@H]1O[C@H](CO[C@@H]2O[C@H](CO)[C@H](O)[C@H](O)[C@H]2O)[C@H](O)[C@H](O)[C@H]1O. The van der Waals surface area contributed by atoms with Crippen molar-refractivity contribution in [3.8, 4) is 5.75 Å². The van der Waals surface area contributed by atoms with Crippen LogP contribution in [0.25, 0.3) is 0 Å². The van der Waals surface area contributed by atoms with Crippen LogP contribution >= 0.6 is 0 Å². The first kappa shape index (κ1) is 24.7. The Balaban J connectivity index is 1.69. The standard InChI is InChI=1S/C18H25NO13/c20-5-9-11(21)13(23)15(25)17(31-9)29-6-10-12(22)14(24)16(26)18(32-10)30-8-4-2-1-3-7(8)19(27)28/h1-4,9-18,20-26H,5-6H2/t9-,10-,11+,12+,13+,14+,15-,16-,17-,18-/m1/s1. The molecule has 7 N–H and O–H groups in total. The maximum atomic E-state index is 11.2. The van der Waals surface area contributed by atoms with E-state index in [9.17, 15) is 45.9 Å². The number of para-hydroxylation sites is 2. The van der Waals surface area contributed by atoms with Crippen LogP contribution in [-0.4, -0.2) is 115 Å². The average Bonchev–Trinajstić information content (AvgIpc) is 2.78. The molecule has 0 saturated carbocycles. The summed E-state index contributed by atoms with van der Waals surface area (Å²) in [5, 5.41) is 80.5. The van der Waals surface area contributed by atoms with Crippen molar-refractivity contribution in [2.24, 2.45) is 0 Å². The Morgan fingerprint density at radius 3 is 2.03 bits per heavy atom. The van der Waals surface area contributed by atoms with Crippen LogP contribution in [0.15, 0.2) is 24.3 Å². The number of hydrogen-bond donors (Lipinski definition) is 7. The van der Waals surface area contributed by atoms with E-state index >= 15 is 0 Å². The Bertz CT molecular complexity index is 779. The minimum Gasteiger partial charge on any atom is -0.455 e. The first-order chi connectivity index (χ1) is 15.1. The number of ether oxygens (including phenoxy) is 4. The Hall–Kier alpha value is -1.98. The second-order valence-corrected chi connectivity index (χ2v) is 7.39. The van der Waals surface area contributed by atoms with E-state index in [4.69, 9.17) is 18.9 Å². The molecule has 10 atom stereocenters. The van der Waals surface area contributed by atoms with Crippen LogP contribution in [0.2, 0.25) is 0 Å². The fourth-order valence-corrected chi connectivity index (χ4v) is 3.38. The van der Waals surface area contributed by atoms with Gasteiger partial charge >= 0.3 is 5.69 Å². The van der Waals surface area contributed by atoms with Gasteiger partial charge in [-0.1, -0.05) is 12.1 Å². The zero-order valence-corrected chi connectivity index (χ0v) is 16.5. The lowest BCUT2D eigenvalue weighted by atomic mass is 9.98. The third-order valence-electron chi connectivity index (χ3n) is 5.25. The molecule has 1 aromatic carbocycles. The van der Waals surface area contributed by atoms with Gasteiger partial charge in [-0.05, 0) is 6.07 Å². The van der Waals surface area contributed by atoms with Crippen molar-refractivity contribution < 1.29 is 59.6 Å². The molecule has 0 aliphatic carbocycles. The molecular formula is C18H25NO13. The van der Waals surface area contributed by atoms with E-state index in [1.165, 1.54) is 18.2 Å². The molecule has 2 aliphatic heterocycles. The van der Waals surface area contributed by atoms with Crippen LogP contribution in [0.4, 0.5) is 5.69 Å². The van der Waals surface area contributed by atoms with E-state index in [1.807, 2.05) is 0 Å².